The molecule has 0 aromatic heterocycles. The summed E-state index contributed by atoms with van der Waals surface area (Å²) in [6, 6.07) is 21.1. The van der Waals surface area contributed by atoms with Crippen LogP contribution in [0.3, 0.4) is 0 Å². The summed E-state index contributed by atoms with van der Waals surface area (Å²) in [7, 11) is 0. The predicted molar refractivity (Wildman–Crippen MR) is 152 cm³/mol. The molecule has 5 rings (SSSR count). The van der Waals surface area contributed by atoms with Crippen molar-refractivity contribution in [1.29, 1.82) is 0 Å². The molecule has 0 radical (unpaired) electrons. The van der Waals surface area contributed by atoms with Crippen molar-refractivity contribution in [3.63, 3.8) is 0 Å². The van der Waals surface area contributed by atoms with Crippen LogP contribution in [0.5, 0.6) is 0 Å². The third kappa shape index (κ3) is 6.91. The van der Waals surface area contributed by atoms with Gasteiger partial charge in [0.25, 0.3) is 0 Å². The minimum atomic E-state index is -0.608. The summed E-state index contributed by atoms with van der Waals surface area (Å²) in [5.74, 6) is 1.37. The second kappa shape index (κ2) is 12.9. The molecule has 2 heterocycles. The van der Waals surface area contributed by atoms with Gasteiger partial charge in [0.1, 0.15) is 6.04 Å². The molecule has 3 atom stereocenters. The highest BCUT2D eigenvalue weighted by Gasteiger charge is 2.43. The van der Waals surface area contributed by atoms with Crippen molar-refractivity contribution < 1.29 is 9.90 Å². The summed E-state index contributed by atoms with van der Waals surface area (Å²) in [5, 5.41) is 10.3. The summed E-state index contributed by atoms with van der Waals surface area (Å²) < 4.78 is 0. The van der Waals surface area contributed by atoms with Gasteiger partial charge in [-0.2, -0.15) is 0 Å². The molecular formula is C33H44N2O2. The lowest BCUT2D eigenvalue weighted by atomic mass is 9.83. The maximum absolute atomic E-state index is 12.5. The first-order valence-corrected chi connectivity index (χ1v) is 14.6. The van der Waals surface area contributed by atoms with E-state index in [9.17, 15) is 9.90 Å². The number of hydrogen-bond acceptors (Lipinski definition) is 3. The molecule has 0 bridgehead atoms. The zero-order valence-corrected chi connectivity index (χ0v) is 22.3. The van der Waals surface area contributed by atoms with Crippen LogP contribution in [0, 0.1) is 17.8 Å². The van der Waals surface area contributed by atoms with Gasteiger partial charge in [0, 0.05) is 25.6 Å². The first-order valence-electron chi connectivity index (χ1n) is 14.6. The van der Waals surface area contributed by atoms with E-state index in [4.69, 9.17) is 0 Å². The van der Waals surface area contributed by atoms with Crippen LogP contribution in [0.2, 0.25) is 0 Å². The number of benzene rings is 2. The normalized spacial score (nSPS) is 25.5. The molecule has 198 valence electrons. The average molecular weight is 501 g/mol. The highest BCUT2D eigenvalue weighted by Crippen LogP contribution is 2.38. The third-order valence-corrected chi connectivity index (χ3v) is 9.22. The molecule has 1 saturated carbocycles. The Kier molecular flexibility index (Phi) is 9.12. The lowest BCUT2D eigenvalue weighted by Gasteiger charge is -2.35. The maximum Gasteiger partial charge on any atom is 0.321 e. The molecule has 2 saturated heterocycles. The Labute approximate surface area is 223 Å². The fraction of sp³-hybridized carbons (Fsp3) is 0.545. The minimum Gasteiger partial charge on any atom is -0.480 e. The average Bonchev–Trinajstić information content (AvgIpc) is 3.34. The number of likely N-dealkylation sites (tertiary alicyclic amines) is 2. The Balaban J connectivity index is 1.20. The molecule has 3 unspecified atom stereocenters. The van der Waals surface area contributed by atoms with E-state index in [-0.39, 0.29) is 6.04 Å². The number of carboxylic acid groups (broad SMARTS) is 1. The minimum absolute atomic E-state index is 0.307. The number of rotatable bonds is 9. The van der Waals surface area contributed by atoms with Crippen molar-refractivity contribution in [3.05, 3.63) is 77.9 Å². The summed E-state index contributed by atoms with van der Waals surface area (Å²) in [6.07, 6.45) is 14.1. The van der Waals surface area contributed by atoms with E-state index in [1.807, 2.05) is 0 Å². The molecule has 1 aliphatic carbocycles. The van der Waals surface area contributed by atoms with Gasteiger partial charge >= 0.3 is 5.97 Å². The predicted octanol–water partition coefficient (Wildman–Crippen LogP) is 6.55. The number of allylic oxidation sites excluding steroid dienone is 1. The van der Waals surface area contributed by atoms with Crippen molar-refractivity contribution in [2.45, 2.75) is 63.3 Å². The van der Waals surface area contributed by atoms with Crippen LogP contribution in [0.25, 0.3) is 6.08 Å². The molecule has 2 aliphatic heterocycles. The van der Waals surface area contributed by atoms with Crippen molar-refractivity contribution in [3.8, 4) is 0 Å². The molecule has 1 N–H and O–H groups in total. The molecule has 0 spiro atoms. The second-order valence-electron chi connectivity index (χ2n) is 11.7. The van der Waals surface area contributed by atoms with Crippen molar-refractivity contribution in [2.75, 3.05) is 32.7 Å². The molecule has 3 aliphatic rings. The van der Waals surface area contributed by atoms with Gasteiger partial charge in [-0.1, -0.05) is 92.1 Å². The van der Waals surface area contributed by atoms with E-state index in [1.165, 1.54) is 43.2 Å². The van der Waals surface area contributed by atoms with Crippen LogP contribution in [0.15, 0.2) is 66.7 Å². The van der Waals surface area contributed by atoms with Gasteiger partial charge in [-0.15, -0.1) is 0 Å². The van der Waals surface area contributed by atoms with Crippen LogP contribution in [0.4, 0.5) is 0 Å². The maximum atomic E-state index is 12.5. The zero-order chi connectivity index (χ0) is 25.5. The van der Waals surface area contributed by atoms with E-state index in [0.717, 1.165) is 57.9 Å². The number of carbonyl (C=O) groups is 1. The van der Waals surface area contributed by atoms with Crippen LogP contribution in [-0.4, -0.2) is 59.6 Å². The third-order valence-electron chi connectivity index (χ3n) is 9.22. The van der Waals surface area contributed by atoms with Crippen molar-refractivity contribution in [2.24, 2.45) is 17.8 Å². The summed E-state index contributed by atoms with van der Waals surface area (Å²) in [6.45, 7) is 5.19. The van der Waals surface area contributed by atoms with Gasteiger partial charge in [0.2, 0.25) is 0 Å². The first-order chi connectivity index (χ1) is 18.2. The Morgan fingerprint density at radius 3 is 2.24 bits per heavy atom. The van der Waals surface area contributed by atoms with Crippen molar-refractivity contribution >= 4 is 12.0 Å². The van der Waals surface area contributed by atoms with Crippen LogP contribution >= 0.6 is 0 Å². The van der Waals surface area contributed by atoms with Crippen LogP contribution in [0.1, 0.15) is 68.4 Å². The number of piperidine rings is 1. The van der Waals surface area contributed by atoms with Crippen LogP contribution < -0.4 is 0 Å². The Morgan fingerprint density at radius 1 is 0.892 bits per heavy atom. The molecule has 2 aromatic carbocycles. The fourth-order valence-corrected chi connectivity index (χ4v) is 7.20. The number of aliphatic carboxylic acids is 1. The van der Waals surface area contributed by atoms with Crippen LogP contribution in [-0.2, 0) is 4.79 Å². The zero-order valence-electron chi connectivity index (χ0n) is 22.3. The lowest BCUT2D eigenvalue weighted by molar-refractivity contribution is -0.145. The standard InChI is InChI=1S/C33H44N2O2/c36-33(37)32(29-17-8-3-9-18-29)35-24-30(31(25-35)28-15-6-2-7-16-28)23-34-21-19-27(20-22-34)14-10-13-26-11-4-1-5-12-26/h1-2,4-7,10-13,15-16,27,29-32H,3,8-9,14,17-25H2,(H,36,37)/b13-10+. The largest absolute Gasteiger partial charge is 0.480 e. The summed E-state index contributed by atoms with van der Waals surface area (Å²) >= 11 is 0. The van der Waals surface area contributed by atoms with Gasteiger partial charge < -0.3 is 10.0 Å². The van der Waals surface area contributed by atoms with Gasteiger partial charge in [-0.25, -0.2) is 0 Å². The van der Waals surface area contributed by atoms with E-state index < -0.39 is 5.97 Å². The lowest BCUT2D eigenvalue weighted by Crippen LogP contribution is -2.46. The molecular weight excluding hydrogens is 456 g/mol. The van der Waals surface area contributed by atoms with E-state index >= 15 is 0 Å². The SMILES string of the molecule is O=C(O)C(C1CCCCC1)N1CC(CN2CCC(C/C=C/c3ccccc3)CC2)C(c2ccccc2)C1. The second-order valence-corrected chi connectivity index (χ2v) is 11.7. The number of nitrogens with zero attached hydrogens (tertiary/aromatic N) is 2. The Hall–Kier alpha value is -2.43. The molecule has 3 fully saturated rings. The molecule has 4 nitrogen and oxygen atoms in total. The van der Waals surface area contributed by atoms with Gasteiger partial charge in [0.15, 0.2) is 0 Å². The van der Waals surface area contributed by atoms with Crippen molar-refractivity contribution in [1.82, 2.24) is 9.80 Å². The van der Waals surface area contributed by atoms with Gasteiger partial charge in [-0.3, -0.25) is 9.69 Å². The summed E-state index contributed by atoms with van der Waals surface area (Å²) in [5.41, 5.74) is 2.66. The summed E-state index contributed by atoms with van der Waals surface area (Å²) in [4.78, 5) is 17.5. The molecule has 0 amide bonds. The first kappa shape index (κ1) is 26.2. The molecule has 4 heteroatoms. The number of hydrogen-bond donors (Lipinski definition) is 1. The van der Waals surface area contributed by atoms with Gasteiger partial charge in [-0.05, 0) is 74.1 Å². The topological polar surface area (TPSA) is 43.8 Å². The highest BCUT2D eigenvalue weighted by molar-refractivity contribution is 5.74. The fourth-order valence-electron chi connectivity index (χ4n) is 7.20. The van der Waals surface area contributed by atoms with E-state index in [1.54, 1.807) is 0 Å². The molecule has 37 heavy (non-hydrogen) atoms. The smallest absolute Gasteiger partial charge is 0.321 e. The highest BCUT2D eigenvalue weighted by atomic mass is 16.4. The number of carboxylic acids is 1. The molecule has 2 aromatic rings. The Bertz CT molecular complexity index is 993. The van der Waals surface area contributed by atoms with E-state index in [0.29, 0.717) is 17.8 Å². The Morgan fingerprint density at radius 2 is 1.57 bits per heavy atom. The van der Waals surface area contributed by atoms with Gasteiger partial charge in [0.05, 0.1) is 0 Å². The van der Waals surface area contributed by atoms with E-state index in [2.05, 4.69) is 82.6 Å². The quantitative estimate of drug-likeness (QED) is 0.424. The monoisotopic (exact) mass is 500 g/mol.